The molecule has 90 valence electrons. The standard InChI is InChI=1S/C14H19N3/c1-11-5-6-12(8-11)15-9-13-10-17-7-3-2-4-14(17)16-13/h2-4,7,10-12,15H,5-6,8-9H2,1H3. The molecule has 1 aliphatic carbocycles. The van der Waals surface area contributed by atoms with Crippen LogP contribution in [0.1, 0.15) is 31.9 Å². The Labute approximate surface area is 102 Å². The van der Waals surface area contributed by atoms with Gasteiger partial charge in [0.2, 0.25) is 0 Å². The number of imidazole rings is 1. The van der Waals surface area contributed by atoms with E-state index in [-0.39, 0.29) is 0 Å². The maximum atomic E-state index is 4.59. The molecule has 3 heteroatoms. The van der Waals surface area contributed by atoms with Gasteiger partial charge in [-0.25, -0.2) is 4.98 Å². The Morgan fingerprint density at radius 2 is 2.35 bits per heavy atom. The highest BCUT2D eigenvalue weighted by Crippen LogP contribution is 2.24. The van der Waals surface area contributed by atoms with Crippen LogP contribution in [0.15, 0.2) is 30.6 Å². The fourth-order valence-corrected chi connectivity index (χ4v) is 2.71. The van der Waals surface area contributed by atoms with E-state index >= 15 is 0 Å². The lowest BCUT2D eigenvalue weighted by Gasteiger charge is -2.10. The third-order valence-electron chi connectivity index (χ3n) is 3.68. The van der Waals surface area contributed by atoms with E-state index in [0.717, 1.165) is 23.8 Å². The minimum atomic E-state index is 0.690. The third-order valence-corrected chi connectivity index (χ3v) is 3.68. The molecule has 0 saturated heterocycles. The Balaban J connectivity index is 1.65. The Bertz CT molecular complexity index is 470. The van der Waals surface area contributed by atoms with E-state index in [2.05, 4.69) is 27.8 Å². The zero-order chi connectivity index (χ0) is 11.7. The topological polar surface area (TPSA) is 29.3 Å². The summed E-state index contributed by atoms with van der Waals surface area (Å²) in [4.78, 5) is 4.59. The van der Waals surface area contributed by atoms with Gasteiger partial charge < -0.3 is 9.72 Å². The number of hydrogen-bond acceptors (Lipinski definition) is 2. The molecule has 3 rings (SSSR count). The van der Waals surface area contributed by atoms with Crippen LogP contribution >= 0.6 is 0 Å². The molecule has 3 nitrogen and oxygen atoms in total. The number of pyridine rings is 1. The molecule has 2 atom stereocenters. The van der Waals surface area contributed by atoms with Crippen molar-refractivity contribution in [1.29, 1.82) is 0 Å². The summed E-state index contributed by atoms with van der Waals surface area (Å²) in [6, 6.07) is 6.79. The highest BCUT2D eigenvalue weighted by molar-refractivity contribution is 5.39. The fraction of sp³-hybridized carbons (Fsp3) is 0.500. The molecule has 2 unspecified atom stereocenters. The van der Waals surface area contributed by atoms with Crippen molar-refractivity contribution in [2.45, 2.75) is 38.8 Å². The molecule has 0 aliphatic heterocycles. The summed E-state index contributed by atoms with van der Waals surface area (Å²) in [5.74, 6) is 0.883. The zero-order valence-electron chi connectivity index (χ0n) is 10.3. The van der Waals surface area contributed by atoms with Gasteiger partial charge in [-0.15, -0.1) is 0 Å². The smallest absolute Gasteiger partial charge is 0.137 e. The lowest BCUT2D eigenvalue weighted by Crippen LogP contribution is -2.25. The van der Waals surface area contributed by atoms with Crippen LogP contribution in [0.2, 0.25) is 0 Å². The SMILES string of the molecule is CC1CCC(NCc2cn3ccccc3n2)C1. The Kier molecular flexibility index (Phi) is 2.85. The average molecular weight is 229 g/mol. The Morgan fingerprint density at radius 1 is 1.41 bits per heavy atom. The van der Waals surface area contributed by atoms with Gasteiger partial charge in [-0.1, -0.05) is 13.0 Å². The first-order valence-corrected chi connectivity index (χ1v) is 6.47. The van der Waals surface area contributed by atoms with Crippen molar-refractivity contribution in [2.75, 3.05) is 0 Å². The van der Waals surface area contributed by atoms with Crippen LogP contribution in [0.4, 0.5) is 0 Å². The molecular weight excluding hydrogens is 210 g/mol. The van der Waals surface area contributed by atoms with Crippen LogP contribution < -0.4 is 5.32 Å². The molecule has 17 heavy (non-hydrogen) atoms. The lowest BCUT2D eigenvalue weighted by molar-refractivity contribution is 0.499. The molecule has 0 aromatic carbocycles. The van der Waals surface area contributed by atoms with Gasteiger partial charge in [-0.3, -0.25) is 0 Å². The molecule has 2 aromatic heterocycles. The summed E-state index contributed by atoms with van der Waals surface area (Å²) in [7, 11) is 0. The number of hydrogen-bond donors (Lipinski definition) is 1. The summed E-state index contributed by atoms with van der Waals surface area (Å²) in [6.45, 7) is 3.23. The molecule has 1 N–H and O–H groups in total. The highest BCUT2D eigenvalue weighted by Gasteiger charge is 2.20. The number of nitrogens with one attached hydrogen (secondary N) is 1. The largest absolute Gasteiger partial charge is 0.308 e. The second-order valence-corrected chi connectivity index (χ2v) is 5.19. The van der Waals surface area contributed by atoms with Gasteiger partial charge >= 0.3 is 0 Å². The highest BCUT2D eigenvalue weighted by atomic mass is 15.0. The summed E-state index contributed by atoms with van der Waals surface area (Å²) < 4.78 is 2.08. The van der Waals surface area contributed by atoms with E-state index in [4.69, 9.17) is 0 Å². The Hall–Kier alpha value is -1.35. The molecular formula is C14H19N3. The summed E-state index contributed by atoms with van der Waals surface area (Å²) in [6.07, 6.45) is 8.15. The molecule has 0 spiro atoms. The number of rotatable bonds is 3. The van der Waals surface area contributed by atoms with Gasteiger partial charge in [-0.05, 0) is 37.3 Å². The molecule has 0 bridgehead atoms. The van der Waals surface area contributed by atoms with Gasteiger partial charge in [0, 0.05) is 25.0 Å². The van der Waals surface area contributed by atoms with Crippen LogP contribution in [0, 0.1) is 5.92 Å². The van der Waals surface area contributed by atoms with Crippen LogP contribution in [0.5, 0.6) is 0 Å². The average Bonchev–Trinajstić information content (AvgIpc) is 2.91. The second-order valence-electron chi connectivity index (χ2n) is 5.19. The van der Waals surface area contributed by atoms with Crippen molar-refractivity contribution in [2.24, 2.45) is 5.92 Å². The van der Waals surface area contributed by atoms with E-state index in [0.29, 0.717) is 6.04 Å². The first kappa shape index (κ1) is 10.8. The minimum absolute atomic E-state index is 0.690. The third kappa shape index (κ3) is 2.34. The molecule has 2 heterocycles. The number of aromatic nitrogens is 2. The van der Waals surface area contributed by atoms with Crippen LogP contribution in [-0.4, -0.2) is 15.4 Å². The molecule has 0 radical (unpaired) electrons. The van der Waals surface area contributed by atoms with Crippen molar-refractivity contribution >= 4 is 5.65 Å². The summed E-state index contributed by atoms with van der Waals surface area (Å²) in [5.41, 5.74) is 2.17. The minimum Gasteiger partial charge on any atom is -0.308 e. The van der Waals surface area contributed by atoms with Crippen LogP contribution in [0.3, 0.4) is 0 Å². The van der Waals surface area contributed by atoms with Crippen LogP contribution in [-0.2, 0) is 6.54 Å². The molecule has 1 aliphatic rings. The summed E-state index contributed by atoms with van der Waals surface area (Å²) >= 11 is 0. The van der Waals surface area contributed by atoms with Crippen LogP contribution in [0.25, 0.3) is 5.65 Å². The fourth-order valence-electron chi connectivity index (χ4n) is 2.71. The second kappa shape index (κ2) is 4.49. The maximum Gasteiger partial charge on any atom is 0.137 e. The first-order chi connectivity index (χ1) is 8.31. The molecule has 0 amide bonds. The van der Waals surface area contributed by atoms with E-state index in [1.165, 1.54) is 19.3 Å². The molecule has 1 fully saturated rings. The van der Waals surface area contributed by atoms with Crippen molar-refractivity contribution in [3.8, 4) is 0 Å². The monoisotopic (exact) mass is 229 g/mol. The normalized spacial score (nSPS) is 24.5. The van der Waals surface area contributed by atoms with Gasteiger partial charge in [-0.2, -0.15) is 0 Å². The van der Waals surface area contributed by atoms with E-state index in [9.17, 15) is 0 Å². The predicted octanol–water partition coefficient (Wildman–Crippen LogP) is 2.61. The molecule has 1 saturated carbocycles. The van der Waals surface area contributed by atoms with Crippen molar-refractivity contribution in [3.05, 3.63) is 36.3 Å². The van der Waals surface area contributed by atoms with Crippen molar-refractivity contribution < 1.29 is 0 Å². The van der Waals surface area contributed by atoms with Gasteiger partial charge in [0.05, 0.1) is 5.69 Å². The molecule has 2 aromatic rings. The van der Waals surface area contributed by atoms with Gasteiger partial charge in [0.15, 0.2) is 0 Å². The van der Waals surface area contributed by atoms with Gasteiger partial charge in [0.1, 0.15) is 5.65 Å². The van der Waals surface area contributed by atoms with Gasteiger partial charge in [0.25, 0.3) is 0 Å². The van der Waals surface area contributed by atoms with E-state index in [1.807, 2.05) is 24.4 Å². The summed E-state index contributed by atoms with van der Waals surface area (Å²) in [5, 5.41) is 3.61. The van der Waals surface area contributed by atoms with E-state index < -0.39 is 0 Å². The van der Waals surface area contributed by atoms with E-state index in [1.54, 1.807) is 0 Å². The quantitative estimate of drug-likeness (QED) is 0.876. The van der Waals surface area contributed by atoms with Crippen molar-refractivity contribution in [3.63, 3.8) is 0 Å². The zero-order valence-corrected chi connectivity index (χ0v) is 10.3. The Morgan fingerprint density at radius 3 is 3.12 bits per heavy atom. The lowest BCUT2D eigenvalue weighted by atomic mass is 10.1. The van der Waals surface area contributed by atoms with Crippen molar-refractivity contribution in [1.82, 2.24) is 14.7 Å². The maximum absolute atomic E-state index is 4.59. The first-order valence-electron chi connectivity index (χ1n) is 6.47. The number of fused-ring (bicyclic) bond motifs is 1. The predicted molar refractivity (Wildman–Crippen MR) is 68.8 cm³/mol. The number of nitrogens with zero attached hydrogens (tertiary/aromatic N) is 2.